The van der Waals surface area contributed by atoms with Crippen molar-refractivity contribution in [3.8, 4) is 0 Å². The van der Waals surface area contributed by atoms with Gasteiger partial charge in [0.1, 0.15) is 17.6 Å². The zero-order valence-corrected chi connectivity index (χ0v) is 16.0. The molecule has 3 atom stereocenters. The first-order chi connectivity index (χ1) is 12.8. The highest BCUT2D eigenvalue weighted by molar-refractivity contribution is 5.86. The standard InChI is InChI=1S/C19H26N4O4/c1-5-12(4)16(19(26)27)20-17(24)15(10-11(2)3)23-18(25)13-8-6-7-9-14(13)21-22-23/h6-9,11-12,15-16H,5,10H2,1-4H3,(H,20,24)(H,26,27). The van der Waals surface area contributed by atoms with Gasteiger partial charge in [-0.1, -0.05) is 51.5 Å². The smallest absolute Gasteiger partial charge is 0.326 e. The number of amides is 1. The molecule has 27 heavy (non-hydrogen) atoms. The first kappa shape index (κ1) is 20.5. The van der Waals surface area contributed by atoms with Crippen molar-refractivity contribution in [2.24, 2.45) is 11.8 Å². The quantitative estimate of drug-likeness (QED) is 0.730. The van der Waals surface area contributed by atoms with Gasteiger partial charge in [-0.3, -0.25) is 9.59 Å². The molecule has 2 aromatic rings. The Morgan fingerprint density at radius 3 is 2.48 bits per heavy atom. The molecule has 0 spiro atoms. The fourth-order valence-corrected chi connectivity index (χ4v) is 2.90. The molecule has 0 radical (unpaired) electrons. The monoisotopic (exact) mass is 374 g/mol. The summed E-state index contributed by atoms with van der Waals surface area (Å²) in [7, 11) is 0. The number of nitrogens with one attached hydrogen (secondary N) is 1. The molecule has 2 N–H and O–H groups in total. The third kappa shape index (κ3) is 4.69. The second kappa shape index (κ2) is 8.75. The Labute approximate surface area is 157 Å². The second-order valence-corrected chi connectivity index (χ2v) is 7.21. The number of carbonyl (C=O) groups excluding carboxylic acids is 1. The lowest BCUT2D eigenvalue weighted by Crippen LogP contribution is -2.49. The van der Waals surface area contributed by atoms with Crippen molar-refractivity contribution in [1.82, 2.24) is 20.3 Å². The molecule has 1 aromatic carbocycles. The van der Waals surface area contributed by atoms with Crippen LogP contribution in [-0.4, -0.2) is 38.0 Å². The maximum absolute atomic E-state index is 12.9. The number of fused-ring (bicyclic) bond motifs is 1. The Hall–Kier alpha value is -2.77. The highest BCUT2D eigenvalue weighted by atomic mass is 16.4. The Morgan fingerprint density at radius 1 is 1.22 bits per heavy atom. The summed E-state index contributed by atoms with van der Waals surface area (Å²) >= 11 is 0. The van der Waals surface area contributed by atoms with E-state index in [9.17, 15) is 19.5 Å². The number of carbonyl (C=O) groups is 2. The molecule has 0 bridgehead atoms. The largest absolute Gasteiger partial charge is 0.480 e. The molecule has 0 aliphatic carbocycles. The average Bonchev–Trinajstić information content (AvgIpc) is 2.64. The van der Waals surface area contributed by atoms with Crippen molar-refractivity contribution in [3.63, 3.8) is 0 Å². The van der Waals surface area contributed by atoms with Gasteiger partial charge in [0.25, 0.3) is 5.56 Å². The number of hydrogen-bond donors (Lipinski definition) is 2. The second-order valence-electron chi connectivity index (χ2n) is 7.21. The predicted molar refractivity (Wildman–Crippen MR) is 101 cm³/mol. The number of nitrogens with zero attached hydrogens (tertiary/aromatic N) is 3. The van der Waals surface area contributed by atoms with Crippen LogP contribution in [0.25, 0.3) is 10.9 Å². The van der Waals surface area contributed by atoms with Crippen molar-refractivity contribution >= 4 is 22.8 Å². The van der Waals surface area contributed by atoms with Crippen LogP contribution in [0.15, 0.2) is 29.1 Å². The Kier molecular flexibility index (Phi) is 6.65. The molecule has 8 nitrogen and oxygen atoms in total. The minimum atomic E-state index is -1.10. The predicted octanol–water partition coefficient (Wildman–Crippen LogP) is 1.99. The maximum atomic E-state index is 12.9. The number of aromatic nitrogens is 3. The third-order valence-electron chi connectivity index (χ3n) is 4.66. The van der Waals surface area contributed by atoms with Crippen molar-refractivity contribution < 1.29 is 14.7 Å². The van der Waals surface area contributed by atoms with E-state index in [0.717, 1.165) is 4.68 Å². The Balaban J connectivity index is 2.43. The summed E-state index contributed by atoms with van der Waals surface area (Å²) in [5.41, 5.74) is 0.0299. The summed E-state index contributed by atoms with van der Waals surface area (Å²) in [5.74, 6) is -1.79. The van der Waals surface area contributed by atoms with Gasteiger partial charge in [0.15, 0.2) is 0 Å². The van der Waals surface area contributed by atoms with Gasteiger partial charge in [-0.25, -0.2) is 4.79 Å². The lowest BCUT2D eigenvalue weighted by molar-refractivity contribution is -0.144. The van der Waals surface area contributed by atoms with Crippen LogP contribution in [0, 0.1) is 11.8 Å². The highest BCUT2D eigenvalue weighted by Gasteiger charge is 2.31. The molecule has 0 saturated carbocycles. The summed E-state index contributed by atoms with van der Waals surface area (Å²) in [6, 6.07) is 4.82. The molecule has 1 heterocycles. The van der Waals surface area contributed by atoms with E-state index in [0.29, 0.717) is 23.7 Å². The summed E-state index contributed by atoms with van der Waals surface area (Å²) in [6.07, 6.45) is 0.938. The van der Waals surface area contributed by atoms with Gasteiger partial charge in [-0.2, -0.15) is 4.68 Å². The summed E-state index contributed by atoms with van der Waals surface area (Å²) in [5, 5.41) is 20.4. The first-order valence-electron chi connectivity index (χ1n) is 9.13. The Bertz CT molecular complexity index is 877. The Morgan fingerprint density at radius 2 is 1.89 bits per heavy atom. The molecule has 146 valence electrons. The SMILES string of the molecule is CCC(C)C(NC(=O)C(CC(C)C)n1nnc2ccccc2c1=O)C(=O)O. The van der Waals surface area contributed by atoms with Gasteiger partial charge in [0.2, 0.25) is 5.91 Å². The zero-order chi connectivity index (χ0) is 20.1. The lowest BCUT2D eigenvalue weighted by Gasteiger charge is -2.25. The molecular weight excluding hydrogens is 348 g/mol. The number of benzene rings is 1. The van der Waals surface area contributed by atoms with Gasteiger partial charge >= 0.3 is 5.97 Å². The average molecular weight is 374 g/mol. The fourth-order valence-electron chi connectivity index (χ4n) is 2.90. The van der Waals surface area contributed by atoms with E-state index in [4.69, 9.17) is 0 Å². The zero-order valence-electron chi connectivity index (χ0n) is 16.0. The molecule has 3 unspecified atom stereocenters. The molecular formula is C19H26N4O4. The van der Waals surface area contributed by atoms with Crippen LogP contribution < -0.4 is 10.9 Å². The molecule has 0 saturated heterocycles. The molecule has 1 aromatic heterocycles. The van der Waals surface area contributed by atoms with Crippen LogP contribution in [0.1, 0.15) is 46.6 Å². The van der Waals surface area contributed by atoms with E-state index in [1.807, 2.05) is 20.8 Å². The number of carboxylic acid groups (broad SMARTS) is 1. The van der Waals surface area contributed by atoms with Crippen molar-refractivity contribution in [2.75, 3.05) is 0 Å². The van der Waals surface area contributed by atoms with E-state index in [1.54, 1.807) is 31.2 Å². The summed E-state index contributed by atoms with van der Waals surface area (Å²) in [6.45, 7) is 7.46. The van der Waals surface area contributed by atoms with Crippen LogP contribution in [0.5, 0.6) is 0 Å². The van der Waals surface area contributed by atoms with Crippen LogP contribution >= 0.6 is 0 Å². The molecule has 8 heteroatoms. The van der Waals surface area contributed by atoms with Crippen LogP contribution in [0.3, 0.4) is 0 Å². The van der Waals surface area contributed by atoms with E-state index >= 15 is 0 Å². The highest BCUT2D eigenvalue weighted by Crippen LogP contribution is 2.18. The van der Waals surface area contributed by atoms with Crippen molar-refractivity contribution in [1.29, 1.82) is 0 Å². The first-order valence-corrected chi connectivity index (χ1v) is 9.13. The maximum Gasteiger partial charge on any atom is 0.326 e. The topological polar surface area (TPSA) is 114 Å². The number of hydrogen-bond acceptors (Lipinski definition) is 5. The summed E-state index contributed by atoms with van der Waals surface area (Å²) < 4.78 is 1.06. The summed E-state index contributed by atoms with van der Waals surface area (Å²) in [4.78, 5) is 37.3. The number of aliphatic carboxylic acids is 1. The van der Waals surface area contributed by atoms with Crippen LogP contribution in [-0.2, 0) is 9.59 Å². The van der Waals surface area contributed by atoms with Crippen molar-refractivity contribution in [3.05, 3.63) is 34.6 Å². The van der Waals surface area contributed by atoms with Gasteiger partial charge < -0.3 is 10.4 Å². The van der Waals surface area contributed by atoms with E-state index in [-0.39, 0.29) is 11.8 Å². The molecule has 2 rings (SSSR count). The van der Waals surface area contributed by atoms with Gasteiger partial charge in [-0.15, -0.1) is 5.10 Å². The molecule has 0 aliphatic heterocycles. The van der Waals surface area contributed by atoms with Gasteiger partial charge in [0, 0.05) is 0 Å². The van der Waals surface area contributed by atoms with Crippen molar-refractivity contribution in [2.45, 2.75) is 52.6 Å². The van der Waals surface area contributed by atoms with Gasteiger partial charge in [0.05, 0.1) is 5.39 Å². The van der Waals surface area contributed by atoms with Gasteiger partial charge in [-0.05, 0) is 30.4 Å². The van der Waals surface area contributed by atoms with E-state index < -0.39 is 29.5 Å². The molecule has 1 amide bonds. The van der Waals surface area contributed by atoms with E-state index in [1.165, 1.54) is 0 Å². The van der Waals surface area contributed by atoms with E-state index in [2.05, 4.69) is 15.6 Å². The third-order valence-corrected chi connectivity index (χ3v) is 4.66. The number of rotatable bonds is 8. The van der Waals surface area contributed by atoms with Crippen LogP contribution in [0.4, 0.5) is 0 Å². The molecule has 0 fully saturated rings. The normalized spacial score (nSPS) is 14.7. The lowest BCUT2D eigenvalue weighted by atomic mass is 9.97. The molecule has 0 aliphatic rings. The van der Waals surface area contributed by atoms with Crippen LogP contribution in [0.2, 0.25) is 0 Å². The number of carboxylic acids is 1. The fraction of sp³-hybridized carbons (Fsp3) is 0.526. The minimum absolute atomic E-state index is 0.0906. The minimum Gasteiger partial charge on any atom is -0.480 e.